The van der Waals surface area contributed by atoms with Gasteiger partial charge in [0.05, 0.1) is 0 Å². The van der Waals surface area contributed by atoms with E-state index in [-0.39, 0.29) is 0 Å². The Labute approximate surface area is 151 Å². The van der Waals surface area contributed by atoms with Gasteiger partial charge in [0.15, 0.2) is 0 Å². The molecule has 3 nitrogen and oxygen atoms in total. The highest BCUT2D eigenvalue weighted by atomic mass is 15.2. The normalized spacial score (nSPS) is 20.5. The van der Waals surface area contributed by atoms with Gasteiger partial charge in [-0.1, -0.05) is 30.9 Å². The van der Waals surface area contributed by atoms with Crippen molar-refractivity contribution in [2.75, 3.05) is 32.7 Å². The van der Waals surface area contributed by atoms with Gasteiger partial charge in [-0.15, -0.1) is 0 Å². The average molecular weight is 338 g/mol. The molecule has 134 valence electrons. The Morgan fingerprint density at radius 1 is 1.00 bits per heavy atom. The summed E-state index contributed by atoms with van der Waals surface area (Å²) in [5, 5.41) is 1.32. The average Bonchev–Trinajstić information content (AvgIpc) is 3.31. The zero-order valence-electron chi connectivity index (χ0n) is 15.4. The second kappa shape index (κ2) is 7.76. The van der Waals surface area contributed by atoms with Crippen LogP contribution in [-0.2, 0) is 6.54 Å². The molecule has 1 aromatic heterocycles. The predicted molar refractivity (Wildman–Crippen MR) is 107 cm³/mol. The Kier molecular flexibility index (Phi) is 5.23. The molecule has 1 aromatic carbocycles. The molecule has 0 N–H and O–H groups in total. The number of hydrogen-bond acceptors (Lipinski definition) is 2. The van der Waals surface area contributed by atoms with Crippen molar-refractivity contribution in [3.63, 3.8) is 0 Å². The van der Waals surface area contributed by atoms with Crippen LogP contribution in [0.5, 0.6) is 0 Å². The quantitative estimate of drug-likeness (QED) is 0.781. The smallest absolute Gasteiger partial charge is 0.0486 e. The van der Waals surface area contributed by atoms with Crippen LogP contribution in [0.1, 0.15) is 37.7 Å². The summed E-state index contributed by atoms with van der Waals surface area (Å²) in [5.41, 5.74) is 2.59. The lowest BCUT2D eigenvalue weighted by atomic mass is 10.0. The molecule has 0 radical (unpaired) electrons. The molecule has 2 aromatic rings. The number of benzene rings is 1. The van der Waals surface area contributed by atoms with E-state index >= 15 is 0 Å². The Bertz CT molecular complexity index is 703. The lowest BCUT2D eigenvalue weighted by Gasteiger charge is -2.36. The van der Waals surface area contributed by atoms with E-state index in [2.05, 4.69) is 51.4 Å². The SMILES string of the molecule is C=Cc1cn(CCCN2CCC(N3CCCC3)CC2)c2ccccc12. The number of fused-ring (bicyclic) bond motifs is 1. The van der Waals surface area contributed by atoms with Crippen molar-refractivity contribution in [1.82, 2.24) is 14.4 Å². The van der Waals surface area contributed by atoms with Gasteiger partial charge in [-0.2, -0.15) is 0 Å². The molecule has 0 aliphatic carbocycles. The molecule has 0 amide bonds. The third-order valence-corrected chi connectivity index (χ3v) is 6.13. The van der Waals surface area contributed by atoms with Crippen LogP contribution in [0.15, 0.2) is 37.0 Å². The van der Waals surface area contributed by atoms with Crippen molar-refractivity contribution in [2.24, 2.45) is 0 Å². The van der Waals surface area contributed by atoms with Gasteiger partial charge in [0.1, 0.15) is 0 Å². The van der Waals surface area contributed by atoms with Gasteiger partial charge >= 0.3 is 0 Å². The maximum atomic E-state index is 3.96. The fraction of sp³-hybridized carbons (Fsp3) is 0.545. The number of piperidine rings is 1. The number of aryl methyl sites for hydroxylation is 1. The molecule has 3 heterocycles. The van der Waals surface area contributed by atoms with Gasteiger partial charge in [-0.05, 0) is 76.5 Å². The molecule has 2 saturated heterocycles. The Balaban J connectivity index is 1.28. The standard InChI is InChI=1S/C22H31N3/c1-2-19-18-25(22-9-4-3-8-21(19)22)15-7-12-23-16-10-20(11-17-23)24-13-5-6-14-24/h2-4,8-9,18,20H,1,5-7,10-17H2. The number of likely N-dealkylation sites (tertiary alicyclic amines) is 2. The summed E-state index contributed by atoms with van der Waals surface area (Å²) < 4.78 is 2.41. The number of rotatable bonds is 6. The van der Waals surface area contributed by atoms with E-state index in [9.17, 15) is 0 Å². The van der Waals surface area contributed by atoms with Gasteiger partial charge < -0.3 is 14.4 Å². The van der Waals surface area contributed by atoms with E-state index in [4.69, 9.17) is 0 Å². The summed E-state index contributed by atoms with van der Waals surface area (Å²) in [6.45, 7) is 11.5. The van der Waals surface area contributed by atoms with Crippen LogP contribution < -0.4 is 0 Å². The Hall–Kier alpha value is -1.58. The zero-order valence-corrected chi connectivity index (χ0v) is 15.4. The summed E-state index contributed by atoms with van der Waals surface area (Å²) >= 11 is 0. The van der Waals surface area contributed by atoms with Crippen molar-refractivity contribution in [3.05, 3.63) is 42.6 Å². The minimum Gasteiger partial charge on any atom is -0.347 e. The zero-order chi connectivity index (χ0) is 17.1. The molecule has 25 heavy (non-hydrogen) atoms. The number of nitrogens with zero attached hydrogens (tertiary/aromatic N) is 3. The summed E-state index contributed by atoms with van der Waals surface area (Å²) in [4.78, 5) is 5.41. The van der Waals surface area contributed by atoms with Crippen LogP contribution in [0.25, 0.3) is 17.0 Å². The molecule has 0 unspecified atom stereocenters. The van der Waals surface area contributed by atoms with Crippen molar-refractivity contribution in [1.29, 1.82) is 0 Å². The molecule has 0 atom stereocenters. The molecule has 4 rings (SSSR count). The van der Waals surface area contributed by atoms with Crippen molar-refractivity contribution in [3.8, 4) is 0 Å². The molecule has 0 spiro atoms. The van der Waals surface area contributed by atoms with Crippen LogP contribution in [0, 0.1) is 0 Å². The van der Waals surface area contributed by atoms with Crippen LogP contribution in [0.3, 0.4) is 0 Å². The first kappa shape index (κ1) is 16.9. The lowest BCUT2D eigenvalue weighted by Crippen LogP contribution is -2.44. The molecule has 2 aliphatic heterocycles. The number of aromatic nitrogens is 1. The van der Waals surface area contributed by atoms with Gasteiger partial charge in [0.2, 0.25) is 0 Å². The van der Waals surface area contributed by atoms with Gasteiger partial charge in [-0.25, -0.2) is 0 Å². The first-order valence-electron chi connectivity index (χ1n) is 10.0. The molecule has 2 aliphatic rings. The summed E-state index contributed by atoms with van der Waals surface area (Å²) in [6, 6.07) is 9.54. The Morgan fingerprint density at radius 2 is 1.76 bits per heavy atom. The van der Waals surface area contributed by atoms with E-state index in [1.165, 1.54) is 81.3 Å². The maximum absolute atomic E-state index is 3.96. The number of hydrogen-bond donors (Lipinski definition) is 0. The monoisotopic (exact) mass is 337 g/mol. The van der Waals surface area contributed by atoms with Gasteiger partial charge in [0, 0.05) is 29.7 Å². The highest BCUT2D eigenvalue weighted by molar-refractivity contribution is 5.89. The number of para-hydroxylation sites is 1. The fourth-order valence-electron chi connectivity index (χ4n) is 4.70. The Morgan fingerprint density at radius 3 is 2.52 bits per heavy atom. The van der Waals surface area contributed by atoms with Gasteiger partial charge in [-0.3, -0.25) is 0 Å². The second-order valence-electron chi connectivity index (χ2n) is 7.67. The predicted octanol–water partition coefficient (Wildman–Crippen LogP) is 4.23. The fourth-order valence-corrected chi connectivity index (χ4v) is 4.70. The van der Waals surface area contributed by atoms with Crippen LogP contribution >= 0.6 is 0 Å². The van der Waals surface area contributed by atoms with E-state index in [0.717, 1.165) is 12.6 Å². The second-order valence-corrected chi connectivity index (χ2v) is 7.67. The maximum Gasteiger partial charge on any atom is 0.0486 e. The highest BCUT2D eigenvalue weighted by Gasteiger charge is 2.25. The third-order valence-electron chi connectivity index (χ3n) is 6.13. The lowest BCUT2D eigenvalue weighted by molar-refractivity contribution is 0.125. The van der Waals surface area contributed by atoms with E-state index < -0.39 is 0 Å². The van der Waals surface area contributed by atoms with Crippen molar-refractivity contribution in [2.45, 2.75) is 44.7 Å². The largest absolute Gasteiger partial charge is 0.347 e. The topological polar surface area (TPSA) is 11.4 Å². The van der Waals surface area contributed by atoms with Gasteiger partial charge in [0.25, 0.3) is 0 Å². The van der Waals surface area contributed by atoms with Crippen LogP contribution in [0.2, 0.25) is 0 Å². The molecule has 3 heteroatoms. The summed E-state index contributed by atoms with van der Waals surface area (Å²) in [7, 11) is 0. The summed E-state index contributed by atoms with van der Waals surface area (Å²) in [6.07, 6.45) is 11.0. The molecule has 0 bridgehead atoms. The molecular formula is C22H31N3. The van der Waals surface area contributed by atoms with Crippen molar-refractivity contribution >= 4 is 17.0 Å². The first-order valence-corrected chi connectivity index (χ1v) is 10.0. The molecule has 0 saturated carbocycles. The van der Waals surface area contributed by atoms with E-state index in [1.54, 1.807) is 0 Å². The third kappa shape index (κ3) is 3.68. The summed E-state index contributed by atoms with van der Waals surface area (Å²) in [5.74, 6) is 0. The minimum atomic E-state index is 0.863. The van der Waals surface area contributed by atoms with E-state index in [1.807, 2.05) is 6.08 Å². The van der Waals surface area contributed by atoms with E-state index in [0.29, 0.717) is 0 Å². The van der Waals surface area contributed by atoms with Crippen LogP contribution in [-0.4, -0.2) is 53.1 Å². The first-order chi connectivity index (χ1) is 12.3. The minimum absolute atomic E-state index is 0.863. The van der Waals surface area contributed by atoms with Crippen molar-refractivity contribution < 1.29 is 0 Å². The molecule has 2 fully saturated rings. The van der Waals surface area contributed by atoms with Crippen LogP contribution in [0.4, 0.5) is 0 Å². The highest BCUT2D eigenvalue weighted by Crippen LogP contribution is 2.23. The molecular weight excluding hydrogens is 306 g/mol.